The van der Waals surface area contributed by atoms with E-state index >= 15 is 0 Å². The van der Waals surface area contributed by atoms with Gasteiger partial charge in [-0.15, -0.1) is 0 Å². The minimum absolute atomic E-state index is 0.0464. The van der Waals surface area contributed by atoms with E-state index in [1.807, 2.05) is 43.2 Å². The molecular weight excluding hydrogens is 286 g/mol. The van der Waals surface area contributed by atoms with Crippen LogP contribution in [0.4, 0.5) is 0 Å². The topological polar surface area (TPSA) is 61.7 Å². The first-order valence-corrected chi connectivity index (χ1v) is 7.27. The summed E-state index contributed by atoms with van der Waals surface area (Å²) in [5.41, 5.74) is 10.2. The van der Waals surface area contributed by atoms with Gasteiger partial charge in [0.25, 0.3) is 0 Å². The maximum Gasteiger partial charge on any atom is 0.0958 e. The van der Waals surface area contributed by atoms with E-state index < -0.39 is 0 Å². The zero-order valence-corrected chi connectivity index (χ0v) is 12.9. The van der Waals surface area contributed by atoms with Gasteiger partial charge in [0.05, 0.1) is 33.8 Å². The molecule has 110 valence electrons. The van der Waals surface area contributed by atoms with Crippen LogP contribution in [0.5, 0.6) is 0 Å². The van der Waals surface area contributed by atoms with E-state index in [-0.39, 0.29) is 6.04 Å². The van der Waals surface area contributed by atoms with Crippen molar-refractivity contribution in [1.82, 2.24) is 19.3 Å². The minimum atomic E-state index is -0.0464. The van der Waals surface area contributed by atoms with Crippen molar-refractivity contribution in [3.05, 3.63) is 47.0 Å². The maximum atomic E-state index is 6.29. The molecular formula is C15H18ClN5. The fourth-order valence-electron chi connectivity index (χ4n) is 2.62. The highest BCUT2D eigenvalue weighted by Crippen LogP contribution is 2.21. The molecule has 0 saturated carbocycles. The number of aryl methyl sites for hydroxylation is 2. The molecule has 1 aromatic carbocycles. The van der Waals surface area contributed by atoms with Gasteiger partial charge < -0.3 is 10.3 Å². The average molecular weight is 304 g/mol. The number of halogens is 1. The monoisotopic (exact) mass is 303 g/mol. The van der Waals surface area contributed by atoms with Crippen LogP contribution in [0.3, 0.4) is 0 Å². The van der Waals surface area contributed by atoms with E-state index in [0.29, 0.717) is 18.0 Å². The Bertz CT molecular complexity index is 774. The molecule has 0 bridgehead atoms. The Morgan fingerprint density at radius 3 is 2.81 bits per heavy atom. The van der Waals surface area contributed by atoms with Crippen molar-refractivity contribution in [3.63, 3.8) is 0 Å². The van der Waals surface area contributed by atoms with E-state index in [4.69, 9.17) is 17.3 Å². The van der Waals surface area contributed by atoms with Crippen molar-refractivity contribution < 1.29 is 0 Å². The summed E-state index contributed by atoms with van der Waals surface area (Å²) in [6.07, 6.45) is 2.52. The first kappa shape index (κ1) is 14.1. The molecule has 0 fully saturated rings. The lowest BCUT2D eigenvalue weighted by atomic mass is 10.1. The van der Waals surface area contributed by atoms with Gasteiger partial charge in [0.2, 0.25) is 0 Å². The molecule has 21 heavy (non-hydrogen) atoms. The summed E-state index contributed by atoms with van der Waals surface area (Å²) in [6.45, 7) is 2.60. The third kappa shape index (κ3) is 2.66. The molecule has 2 N–H and O–H groups in total. The number of hydrogen-bond acceptors (Lipinski definition) is 3. The fourth-order valence-corrected chi connectivity index (χ4v) is 2.86. The van der Waals surface area contributed by atoms with Crippen molar-refractivity contribution in [1.29, 1.82) is 0 Å². The van der Waals surface area contributed by atoms with Crippen molar-refractivity contribution in [2.45, 2.75) is 25.9 Å². The van der Waals surface area contributed by atoms with Gasteiger partial charge in [-0.25, -0.2) is 4.98 Å². The summed E-state index contributed by atoms with van der Waals surface area (Å²) in [5.74, 6) is 0. The summed E-state index contributed by atoms with van der Waals surface area (Å²) in [7, 11) is 1.90. The Morgan fingerprint density at radius 1 is 1.33 bits per heavy atom. The lowest BCUT2D eigenvalue weighted by Gasteiger charge is -2.13. The molecule has 1 unspecified atom stereocenters. The number of fused-ring (bicyclic) bond motifs is 1. The number of nitrogens with two attached hydrogens (primary N) is 1. The second kappa shape index (κ2) is 5.50. The van der Waals surface area contributed by atoms with Crippen LogP contribution in [0.1, 0.15) is 11.4 Å². The highest BCUT2D eigenvalue weighted by Gasteiger charge is 2.15. The molecule has 0 aliphatic heterocycles. The Morgan fingerprint density at radius 2 is 2.10 bits per heavy atom. The number of imidazole rings is 1. The van der Waals surface area contributed by atoms with Crippen LogP contribution in [0.2, 0.25) is 5.02 Å². The highest BCUT2D eigenvalue weighted by atomic mass is 35.5. The summed E-state index contributed by atoms with van der Waals surface area (Å²) in [4.78, 5) is 4.38. The van der Waals surface area contributed by atoms with Crippen molar-refractivity contribution >= 4 is 22.6 Å². The third-order valence-electron chi connectivity index (χ3n) is 3.68. The average Bonchev–Trinajstić information content (AvgIpc) is 2.96. The van der Waals surface area contributed by atoms with Crippen LogP contribution in [0.25, 0.3) is 11.0 Å². The van der Waals surface area contributed by atoms with Gasteiger partial charge in [-0.3, -0.25) is 4.68 Å². The quantitative estimate of drug-likeness (QED) is 0.804. The van der Waals surface area contributed by atoms with Gasteiger partial charge in [-0.1, -0.05) is 23.7 Å². The van der Waals surface area contributed by atoms with E-state index in [9.17, 15) is 0 Å². The van der Waals surface area contributed by atoms with Gasteiger partial charge in [-0.05, 0) is 19.1 Å². The minimum Gasteiger partial charge on any atom is -0.329 e. The summed E-state index contributed by atoms with van der Waals surface area (Å²) >= 11 is 6.28. The first-order valence-electron chi connectivity index (χ1n) is 6.89. The van der Waals surface area contributed by atoms with Gasteiger partial charge in [0.15, 0.2) is 0 Å². The van der Waals surface area contributed by atoms with Crippen LogP contribution in [0.15, 0.2) is 30.6 Å². The predicted molar refractivity (Wildman–Crippen MR) is 84.4 cm³/mol. The lowest BCUT2D eigenvalue weighted by Crippen LogP contribution is -2.29. The van der Waals surface area contributed by atoms with E-state index in [2.05, 4.69) is 20.7 Å². The van der Waals surface area contributed by atoms with E-state index in [0.717, 1.165) is 22.4 Å². The van der Waals surface area contributed by atoms with Crippen LogP contribution in [0, 0.1) is 6.92 Å². The molecule has 0 aliphatic rings. The molecule has 5 nitrogen and oxygen atoms in total. The standard InChI is InChI=1S/C15H18ClN5/c1-10-15(16)14(20(2)19-10)7-11(17)8-21-9-18-12-5-3-4-6-13(12)21/h3-6,9,11H,7-8,17H2,1-2H3. The van der Waals surface area contributed by atoms with Crippen molar-refractivity contribution in [3.8, 4) is 0 Å². The molecule has 3 rings (SSSR count). The fraction of sp³-hybridized carbons (Fsp3) is 0.333. The first-order chi connectivity index (χ1) is 10.1. The zero-order chi connectivity index (χ0) is 15.0. The van der Waals surface area contributed by atoms with Crippen LogP contribution >= 0.6 is 11.6 Å². The molecule has 2 aromatic heterocycles. The lowest BCUT2D eigenvalue weighted by molar-refractivity contribution is 0.539. The number of hydrogen-bond donors (Lipinski definition) is 1. The Hall–Kier alpha value is -1.85. The molecule has 1 atom stereocenters. The van der Waals surface area contributed by atoms with Crippen LogP contribution < -0.4 is 5.73 Å². The Balaban J connectivity index is 1.79. The molecule has 0 spiro atoms. The van der Waals surface area contributed by atoms with Crippen LogP contribution in [-0.4, -0.2) is 25.4 Å². The SMILES string of the molecule is Cc1nn(C)c(CC(N)Cn2cnc3ccccc32)c1Cl. The van der Waals surface area contributed by atoms with Crippen molar-refractivity contribution in [2.24, 2.45) is 12.8 Å². The molecule has 0 aliphatic carbocycles. The normalized spacial score (nSPS) is 13.0. The number of para-hydroxylation sites is 2. The molecule has 6 heteroatoms. The third-order valence-corrected chi connectivity index (χ3v) is 4.17. The van der Waals surface area contributed by atoms with E-state index in [1.165, 1.54) is 0 Å². The number of aromatic nitrogens is 4. The molecule has 0 amide bonds. The van der Waals surface area contributed by atoms with Gasteiger partial charge >= 0.3 is 0 Å². The second-order valence-electron chi connectivity index (χ2n) is 5.32. The summed E-state index contributed by atoms with van der Waals surface area (Å²) in [6, 6.07) is 8.00. The largest absolute Gasteiger partial charge is 0.329 e. The van der Waals surface area contributed by atoms with Crippen LogP contribution in [-0.2, 0) is 20.0 Å². The highest BCUT2D eigenvalue weighted by molar-refractivity contribution is 6.31. The van der Waals surface area contributed by atoms with Gasteiger partial charge in [-0.2, -0.15) is 5.10 Å². The Labute approximate surface area is 128 Å². The smallest absolute Gasteiger partial charge is 0.0958 e. The van der Waals surface area contributed by atoms with Crippen molar-refractivity contribution in [2.75, 3.05) is 0 Å². The molecule has 0 radical (unpaired) electrons. The molecule has 2 heterocycles. The molecule has 3 aromatic rings. The van der Waals surface area contributed by atoms with E-state index in [1.54, 1.807) is 0 Å². The zero-order valence-electron chi connectivity index (χ0n) is 12.1. The predicted octanol–water partition coefficient (Wildman–Crippen LogP) is 2.30. The van der Waals surface area contributed by atoms with Gasteiger partial charge in [0, 0.05) is 26.1 Å². The summed E-state index contributed by atoms with van der Waals surface area (Å²) < 4.78 is 3.89. The second-order valence-corrected chi connectivity index (χ2v) is 5.70. The number of nitrogens with zero attached hydrogens (tertiary/aromatic N) is 4. The maximum absolute atomic E-state index is 6.29. The number of rotatable bonds is 4. The van der Waals surface area contributed by atoms with Gasteiger partial charge in [0.1, 0.15) is 0 Å². The molecule has 0 saturated heterocycles. The number of benzene rings is 1. The Kier molecular flexibility index (Phi) is 3.69. The summed E-state index contributed by atoms with van der Waals surface area (Å²) in [5, 5.41) is 5.03.